The van der Waals surface area contributed by atoms with Crippen LogP contribution in [0.3, 0.4) is 0 Å². The minimum Gasteiger partial charge on any atom is -0.318 e. The highest BCUT2D eigenvalue weighted by Gasteiger charge is 2.30. The Balaban J connectivity index is 2.25. The van der Waals surface area contributed by atoms with Crippen LogP contribution in [0.4, 0.5) is 0 Å². The van der Waals surface area contributed by atoms with Crippen LogP contribution in [0.15, 0.2) is 11.4 Å². The molecule has 1 aliphatic rings. The first-order valence-electron chi connectivity index (χ1n) is 8.82. The molecule has 0 bridgehead atoms. The Labute approximate surface area is 141 Å². The maximum absolute atomic E-state index is 12.8. The summed E-state index contributed by atoms with van der Waals surface area (Å²) in [7, 11) is -1.22. The molecule has 6 heteroatoms. The first-order chi connectivity index (χ1) is 10.8. The molecule has 1 saturated carbocycles. The van der Waals surface area contributed by atoms with Gasteiger partial charge >= 0.3 is 0 Å². The van der Waals surface area contributed by atoms with Crippen molar-refractivity contribution >= 4 is 9.84 Å². The monoisotopic (exact) mass is 341 g/mol. The fraction of sp³-hybridized carbons (Fsp3) is 0.824. The normalized spacial score (nSPS) is 16.3. The zero-order valence-corrected chi connectivity index (χ0v) is 15.8. The molecule has 0 spiro atoms. The van der Waals surface area contributed by atoms with Gasteiger partial charge in [0.25, 0.3) is 0 Å². The lowest BCUT2D eigenvalue weighted by molar-refractivity contribution is 0.257. The van der Waals surface area contributed by atoms with Crippen LogP contribution in [0.2, 0.25) is 0 Å². The van der Waals surface area contributed by atoms with Crippen LogP contribution < -0.4 is 0 Å². The second-order valence-electron chi connectivity index (χ2n) is 7.12. The van der Waals surface area contributed by atoms with Crippen LogP contribution >= 0.6 is 0 Å². The Morgan fingerprint density at radius 1 is 1.39 bits per heavy atom. The predicted octanol–water partition coefficient (Wildman–Crippen LogP) is 3.10. The van der Waals surface area contributed by atoms with Gasteiger partial charge in [0.05, 0.1) is 17.6 Å². The van der Waals surface area contributed by atoms with E-state index >= 15 is 0 Å². The van der Waals surface area contributed by atoms with Gasteiger partial charge in [0.1, 0.15) is 0 Å². The zero-order valence-electron chi connectivity index (χ0n) is 15.0. The van der Waals surface area contributed by atoms with E-state index in [1.165, 1.54) is 0 Å². The summed E-state index contributed by atoms with van der Waals surface area (Å²) in [6.45, 7) is 7.87. The number of rotatable bonds is 9. The second kappa shape index (κ2) is 7.79. The number of imidazole rings is 1. The number of hydrogen-bond donors (Lipinski definition) is 0. The molecule has 1 aromatic rings. The van der Waals surface area contributed by atoms with Gasteiger partial charge in [0.2, 0.25) is 15.0 Å². The third kappa shape index (κ3) is 4.57. The van der Waals surface area contributed by atoms with Crippen LogP contribution in [0.1, 0.15) is 58.6 Å². The molecule has 0 amide bonds. The molecule has 132 valence electrons. The highest BCUT2D eigenvalue weighted by molar-refractivity contribution is 7.91. The Morgan fingerprint density at radius 3 is 2.61 bits per heavy atom. The van der Waals surface area contributed by atoms with Crippen molar-refractivity contribution < 1.29 is 8.42 Å². The van der Waals surface area contributed by atoms with E-state index in [9.17, 15) is 8.42 Å². The van der Waals surface area contributed by atoms with E-state index in [1.807, 2.05) is 4.57 Å². The van der Waals surface area contributed by atoms with Crippen molar-refractivity contribution in [3.05, 3.63) is 11.9 Å². The topological polar surface area (TPSA) is 55.2 Å². The molecule has 1 fully saturated rings. The molecule has 0 N–H and O–H groups in total. The summed E-state index contributed by atoms with van der Waals surface area (Å²) in [5.41, 5.74) is 1.00. The van der Waals surface area contributed by atoms with Crippen molar-refractivity contribution in [1.29, 1.82) is 0 Å². The maximum Gasteiger partial charge on any atom is 0.227 e. The average molecular weight is 342 g/mol. The molecular formula is C17H31N3O2S. The van der Waals surface area contributed by atoms with E-state index in [2.05, 4.69) is 37.7 Å². The summed E-state index contributed by atoms with van der Waals surface area (Å²) in [6.07, 6.45) is 7.01. The van der Waals surface area contributed by atoms with Gasteiger partial charge in [-0.15, -0.1) is 0 Å². The summed E-state index contributed by atoms with van der Waals surface area (Å²) in [6, 6.07) is 0.416. The van der Waals surface area contributed by atoms with E-state index in [0.717, 1.165) is 50.9 Å². The predicted molar refractivity (Wildman–Crippen MR) is 93.1 cm³/mol. The van der Waals surface area contributed by atoms with Crippen molar-refractivity contribution in [1.82, 2.24) is 14.5 Å². The lowest BCUT2D eigenvalue weighted by atomic mass is 9.87. The van der Waals surface area contributed by atoms with Crippen molar-refractivity contribution in [2.45, 2.75) is 77.2 Å². The molecule has 2 rings (SSSR count). The third-order valence-electron chi connectivity index (χ3n) is 4.89. The van der Waals surface area contributed by atoms with Gasteiger partial charge in [-0.2, -0.15) is 0 Å². The fourth-order valence-electron chi connectivity index (χ4n) is 2.80. The second-order valence-corrected chi connectivity index (χ2v) is 9.05. The molecule has 1 aromatic heterocycles. The van der Waals surface area contributed by atoms with E-state index < -0.39 is 9.84 Å². The van der Waals surface area contributed by atoms with Crippen molar-refractivity contribution in [3.63, 3.8) is 0 Å². The molecule has 0 aromatic carbocycles. The van der Waals surface area contributed by atoms with E-state index in [-0.39, 0.29) is 10.9 Å². The van der Waals surface area contributed by atoms with Gasteiger partial charge in [-0.05, 0) is 46.1 Å². The fourth-order valence-corrected chi connectivity index (χ4v) is 4.66. The average Bonchev–Trinajstić information content (AvgIpc) is 2.84. The van der Waals surface area contributed by atoms with Crippen molar-refractivity contribution in [3.8, 4) is 0 Å². The number of nitrogens with zero attached hydrogens (tertiary/aromatic N) is 3. The maximum atomic E-state index is 12.8. The summed E-state index contributed by atoms with van der Waals surface area (Å²) < 4.78 is 27.5. The van der Waals surface area contributed by atoms with Crippen molar-refractivity contribution in [2.75, 3.05) is 12.8 Å². The van der Waals surface area contributed by atoms with Crippen LogP contribution in [-0.2, 0) is 22.9 Å². The summed E-state index contributed by atoms with van der Waals surface area (Å²) in [4.78, 5) is 6.52. The number of unbranched alkanes of at least 4 members (excludes halogenated alkanes) is 1. The minimum atomic E-state index is -3.28. The van der Waals surface area contributed by atoms with Crippen molar-refractivity contribution in [2.24, 2.45) is 5.92 Å². The molecule has 1 aliphatic carbocycles. The summed E-state index contributed by atoms with van der Waals surface area (Å²) >= 11 is 0. The standard InChI is InChI=1S/C17H31N3O2S/c1-5-6-10-20-16(12-19(4)14(2)3)11-18-17(20)23(21,22)13-15-8-7-9-15/h11,14-15H,5-10,12-13H2,1-4H3. The van der Waals surface area contributed by atoms with Gasteiger partial charge in [0.15, 0.2) is 0 Å². The quantitative estimate of drug-likeness (QED) is 0.692. The lowest BCUT2D eigenvalue weighted by Gasteiger charge is -2.25. The molecule has 0 atom stereocenters. The highest BCUT2D eigenvalue weighted by atomic mass is 32.2. The molecule has 0 unspecified atom stereocenters. The van der Waals surface area contributed by atoms with Crippen LogP contribution in [-0.4, -0.2) is 41.7 Å². The van der Waals surface area contributed by atoms with Gasteiger partial charge in [0, 0.05) is 19.1 Å². The Bertz CT molecular complexity index is 603. The first kappa shape index (κ1) is 18.5. The van der Waals surface area contributed by atoms with Crippen LogP contribution in [0.5, 0.6) is 0 Å². The number of sulfone groups is 1. The van der Waals surface area contributed by atoms with Gasteiger partial charge in [-0.3, -0.25) is 4.90 Å². The van der Waals surface area contributed by atoms with Gasteiger partial charge in [-0.1, -0.05) is 19.8 Å². The van der Waals surface area contributed by atoms with E-state index in [4.69, 9.17) is 0 Å². The van der Waals surface area contributed by atoms with E-state index in [1.54, 1.807) is 6.20 Å². The smallest absolute Gasteiger partial charge is 0.227 e. The zero-order chi connectivity index (χ0) is 17.0. The third-order valence-corrected chi connectivity index (χ3v) is 6.68. The molecule has 0 radical (unpaired) electrons. The SMILES string of the molecule is CCCCn1c(CN(C)C(C)C)cnc1S(=O)(=O)CC1CCC1. The van der Waals surface area contributed by atoms with Gasteiger partial charge < -0.3 is 4.57 Å². The minimum absolute atomic E-state index is 0.260. The molecule has 5 nitrogen and oxygen atoms in total. The number of aromatic nitrogens is 2. The molecule has 23 heavy (non-hydrogen) atoms. The molecule has 1 heterocycles. The number of hydrogen-bond acceptors (Lipinski definition) is 4. The Hall–Kier alpha value is -0.880. The van der Waals surface area contributed by atoms with Gasteiger partial charge in [-0.25, -0.2) is 13.4 Å². The largest absolute Gasteiger partial charge is 0.318 e. The summed E-state index contributed by atoms with van der Waals surface area (Å²) in [5.74, 6) is 0.591. The molecular weight excluding hydrogens is 310 g/mol. The summed E-state index contributed by atoms with van der Waals surface area (Å²) in [5, 5.41) is 0.282. The highest BCUT2D eigenvalue weighted by Crippen LogP contribution is 2.29. The van der Waals surface area contributed by atoms with Crippen LogP contribution in [0.25, 0.3) is 0 Å². The Morgan fingerprint density at radius 2 is 2.09 bits per heavy atom. The first-order valence-corrected chi connectivity index (χ1v) is 10.5. The van der Waals surface area contributed by atoms with Crippen LogP contribution in [0, 0.1) is 5.92 Å². The van der Waals surface area contributed by atoms with E-state index in [0.29, 0.717) is 12.0 Å². The molecule has 0 aliphatic heterocycles. The lowest BCUT2D eigenvalue weighted by Crippen LogP contribution is -2.28. The molecule has 0 saturated heterocycles. The Kier molecular flexibility index (Phi) is 6.26.